The van der Waals surface area contributed by atoms with E-state index in [0.29, 0.717) is 6.42 Å². The third-order valence-electron chi connectivity index (χ3n) is 1.40. The van der Waals surface area contributed by atoms with Crippen LogP contribution in [0.1, 0.15) is 40.0 Å². The molecule has 0 heterocycles. The summed E-state index contributed by atoms with van der Waals surface area (Å²) in [5, 5.41) is 0. The number of hydrogen-bond donors (Lipinski definition) is 0. The predicted molar refractivity (Wildman–Crippen MR) is 49.3 cm³/mol. The smallest absolute Gasteiger partial charge is 0.303 e. The average Bonchev–Trinajstić information content (AvgIpc) is 1.84. The first-order valence-electron chi connectivity index (χ1n) is 4.45. The maximum absolute atomic E-state index is 13.0. The quantitative estimate of drug-likeness (QED) is 0.477. The van der Waals surface area contributed by atoms with E-state index in [1.54, 1.807) is 13.8 Å². The number of rotatable bonds is 6. The number of hydrogen-bond acceptors (Lipinski definition) is 2. The lowest BCUT2D eigenvalue weighted by atomic mass is 10.3. The van der Waals surface area contributed by atoms with Crippen molar-refractivity contribution < 1.29 is 13.3 Å². The molecule has 4 heteroatoms. The van der Waals surface area contributed by atoms with Gasteiger partial charge in [-0.15, -0.1) is 0 Å². The Labute approximate surface area is 74.1 Å². The largest absolute Gasteiger partial charge is 0.367 e. The summed E-state index contributed by atoms with van der Waals surface area (Å²) >= 11 is 0. The topological polar surface area (TPSA) is 26.3 Å². The Morgan fingerprint density at radius 3 is 2.42 bits per heavy atom. The Morgan fingerprint density at radius 2 is 2.00 bits per heavy atom. The molecule has 0 aliphatic rings. The van der Waals surface area contributed by atoms with Crippen LogP contribution in [-0.4, -0.2) is 12.3 Å². The molecule has 0 radical (unpaired) electrons. The van der Waals surface area contributed by atoms with Crippen molar-refractivity contribution in [2.75, 3.05) is 6.16 Å². The van der Waals surface area contributed by atoms with Gasteiger partial charge in [0.2, 0.25) is 0 Å². The SMILES string of the molecule is CCCCCP(=O)(F)OC(C)C. The zero-order valence-corrected chi connectivity index (χ0v) is 8.94. The van der Waals surface area contributed by atoms with Crippen molar-refractivity contribution in [1.82, 2.24) is 0 Å². The predicted octanol–water partition coefficient (Wildman–Crippen LogP) is 3.76. The fourth-order valence-corrected chi connectivity index (χ4v) is 2.25. The summed E-state index contributed by atoms with van der Waals surface area (Å²) < 4.78 is 28.7. The molecule has 0 N–H and O–H groups in total. The molecular weight excluding hydrogens is 178 g/mol. The van der Waals surface area contributed by atoms with E-state index in [-0.39, 0.29) is 12.3 Å². The second-order valence-electron chi connectivity index (χ2n) is 3.18. The van der Waals surface area contributed by atoms with Crippen LogP contribution in [0.4, 0.5) is 4.20 Å². The maximum Gasteiger partial charge on any atom is 0.367 e. The van der Waals surface area contributed by atoms with Crippen molar-refractivity contribution in [3.63, 3.8) is 0 Å². The highest BCUT2D eigenvalue weighted by atomic mass is 31.2. The van der Waals surface area contributed by atoms with Crippen LogP contribution >= 0.6 is 7.68 Å². The van der Waals surface area contributed by atoms with Gasteiger partial charge in [0.05, 0.1) is 12.3 Å². The molecule has 0 aliphatic carbocycles. The molecule has 0 spiro atoms. The minimum absolute atomic E-state index is 0.0685. The lowest BCUT2D eigenvalue weighted by molar-refractivity contribution is 0.223. The first-order chi connectivity index (χ1) is 5.48. The molecule has 1 atom stereocenters. The van der Waals surface area contributed by atoms with Crippen LogP contribution in [0, 0.1) is 0 Å². The number of unbranched alkanes of at least 4 members (excludes halogenated alkanes) is 2. The third-order valence-corrected chi connectivity index (χ3v) is 2.98. The van der Waals surface area contributed by atoms with Gasteiger partial charge in [0, 0.05) is 0 Å². The molecule has 0 fully saturated rings. The molecule has 2 nitrogen and oxygen atoms in total. The summed E-state index contributed by atoms with van der Waals surface area (Å²) in [6.07, 6.45) is 2.34. The van der Waals surface area contributed by atoms with Gasteiger partial charge in [-0.2, -0.15) is 4.20 Å². The van der Waals surface area contributed by atoms with Gasteiger partial charge in [-0.25, -0.2) is 0 Å². The Bertz CT molecular complexity index is 159. The van der Waals surface area contributed by atoms with Gasteiger partial charge in [-0.1, -0.05) is 19.8 Å². The minimum Gasteiger partial charge on any atom is -0.303 e. The average molecular weight is 196 g/mol. The van der Waals surface area contributed by atoms with E-state index in [4.69, 9.17) is 0 Å². The van der Waals surface area contributed by atoms with E-state index in [2.05, 4.69) is 4.52 Å². The normalized spacial score (nSPS) is 16.4. The molecule has 0 saturated heterocycles. The van der Waals surface area contributed by atoms with Crippen molar-refractivity contribution in [2.45, 2.75) is 46.1 Å². The van der Waals surface area contributed by atoms with Gasteiger partial charge in [-0.3, -0.25) is 4.57 Å². The van der Waals surface area contributed by atoms with Crippen molar-refractivity contribution in [1.29, 1.82) is 0 Å². The molecular formula is C8H18FO2P. The standard InChI is InChI=1S/C8H18FO2P/c1-4-5-6-7-12(9,10)11-8(2)3/h8H,4-7H2,1-3H3. The van der Waals surface area contributed by atoms with Gasteiger partial charge in [0.1, 0.15) is 0 Å². The van der Waals surface area contributed by atoms with E-state index < -0.39 is 7.68 Å². The summed E-state index contributed by atoms with van der Waals surface area (Å²) in [5.74, 6) is 0. The van der Waals surface area contributed by atoms with Crippen LogP contribution < -0.4 is 0 Å². The zero-order valence-electron chi connectivity index (χ0n) is 8.05. The second kappa shape index (κ2) is 5.71. The lowest BCUT2D eigenvalue weighted by Crippen LogP contribution is -2.00. The van der Waals surface area contributed by atoms with Crippen LogP contribution in [0.3, 0.4) is 0 Å². The summed E-state index contributed by atoms with van der Waals surface area (Å²) in [6.45, 7) is 5.39. The summed E-state index contributed by atoms with van der Waals surface area (Å²) in [4.78, 5) is 0. The van der Waals surface area contributed by atoms with Gasteiger partial charge in [-0.05, 0) is 20.3 Å². The van der Waals surface area contributed by atoms with Crippen molar-refractivity contribution in [3.05, 3.63) is 0 Å². The first kappa shape index (κ1) is 12.1. The molecule has 0 saturated carbocycles. The Hall–Kier alpha value is 0.120. The fourth-order valence-electron chi connectivity index (χ4n) is 0.918. The van der Waals surface area contributed by atoms with E-state index in [0.717, 1.165) is 12.8 Å². The second-order valence-corrected chi connectivity index (χ2v) is 5.01. The van der Waals surface area contributed by atoms with Gasteiger partial charge in [0.15, 0.2) is 0 Å². The summed E-state index contributed by atoms with van der Waals surface area (Å²) in [7, 11) is -3.78. The molecule has 74 valence electrons. The summed E-state index contributed by atoms with van der Waals surface area (Å²) in [6, 6.07) is 0. The molecule has 1 unspecified atom stereocenters. The van der Waals surface area contributed by atoms with Crippen LogP contribution in [0.15, 0.2) is 0 Å². The highest BCUT2D eigenvalue weighted by Gasteiger charge is 2.22. The molecule has 0 aromatic carbocycles. The molecule has 0 rings (SSSR count). The third kappa shape index (κ3) is 6.81. The highest BCUT2D eigenvalue weighted by Crippen LogP contribution is 2.50. The van der Waals surface area contributed by atoms with Crippen molar-refractivity contribution in [3.8, 4) is 0 Å². The molecule has 12 heavy (non-hydrogen) atoms. The molecule has 0 amide bonds. The Balaban J connectivity index is 3.64. The van der Waals surface area contributed by atoms with E-state index in [9.17, 15) is 8.76 Å². The van der Waals surface area contributed by atoms with Gasteiger partial charge in [0.25, 0.3) is 0 Å². The minimum atomic E-state index is -3.78. The molecule has 0 aromatic rings. The molecule has 0 aliphatic heterocycles. The van der Waals surface area contributed by atoms with Gasteiger partial charge >= 0.3 is 7.68 Å². The van der Waals surface area contributed by atoms with E-state index >= 15 is 0 Å². The van der Waals surface area contributed by atoms with Gasteiger partial charge < -0.3 is 4.52 Å². The van der Waals surface area contributed by atoms with Crippen molar-refractivity contribution >= 4 is 7.68 Å². The molecule has 0 aromatic heterocycles. The van der Waals surface area contributed by atoms with Crippen molar-refractivity contribution in [2.24, 2.45) is 0 Å². The van der Waals surface area contributed by atoms with Crippen LogP contribution in [0.2, 0.25) is 0 Å². The Kier molecular flexibility index (Phi) is 5.77. The molecule has 0 bridgehead atoms. The van der Waals surface area contributed by atoms with Crippen LogP contribution in [0.25, 0.3) is 0 Å². The highest BCUT2D eigenvalue weighted by molar-refractivity contribution is 7.53. The lowest BCUT2D eigenvalue weighted by Gasteiger charge is -2.11. The summed E-state index contributed by atoms with van der Waals surface area (Å²) in [5.41, 5.74) is 0. The first-order valence-corrected chi connectivity index (χ1v) is 6.15. The van der Waals surface area contributed by atoms with E-state index in [1.807, 2.05) is 6.92 Å². The monoisotopic (exact) mass is 196 g/mol. The fraction of sp³-hybridized carbons (Fsp3) is 1.00. The van der Waals surface area contributed by atoms with Crippen LogP contribution in [-0.2, 0) is 9.09 Å². The Morgan fingerprint density at radius 1 is 1.42 bits per heavy atom. The maximum atomic E-state index is 13.0. The number of halogens is 1. The zero-order chi connectivity index (χ0) is 9.61. The van der Waals surface area contributed by atoms with E-state index in [1.165, 1.54) is 0 Å². The van der Waals surface area contributed by atoms with Crippen LogP contribution in [0.5, 0.6) is 0 Å².